The summed E-state index contributed by atoms with van der Waals surface area (Å²) in [5.41, 5.74) is 12.0. The van der Waals surface area contributed by atoms with Crippen LogP contribution in [0.25, 0.3) is 56.4 Å². The molecule has 7 aromatic carbocycles. The first-order chi connectivity index (χ1) is 24.3. The van der Waals surface area contributed by atoms with Gasteiger partial charge in [0.1, 0.15) is 0 Å². The largest absolute Gasteiger partial charge is 0.208 e. The predicted molar refractivity (Wildman–Crippen MR) is 199 cm³/mol. The van der Waals surface area contributed by atoms with Crippen molar-refractivity contribution in [2.45, 2.75) is 5.41 Å². The minimum atomic E-state index is -0.564. The summed E-state index contributed by atoms with van der Waals surface area (Å²) in [6.07, 6.45) is 0. The number of aromatic nitrogens is 3. The van der Waals surface area contributed by atoms with Crippen LogP contribution in [0.4, 0.5) is 0 Å². The zero-order valence-electron chi connectivity index (χ0n) is 26.7. The minimum absolute atomic E-state index is 0.564. The van der Waals surface area contributed by atoms with Crippen LogP contribution in [0.3, 0.4) is 0 Å². The molecule has 1 aromatic heterocycles. The standard InChI is InChI=1S/C46H31N3/c1-6-16-32(17-7-1)35-26-28-39-40-29-27-36(45-48-43(33-18-8-2-9-19-33)47-44(49-45)34-20-10-3-11-21-34)31-42(40)46(41(39)30-35,37-22-12-4-13-23-37)38-24-14-5-15-25-38/h1-31H. The van der Waals surface area contributed by atoms with E-state index in [1.807, 2.05) is 60.7 Å². The van der Waals surface area contributed by atoms with E-state index in [9.17, 15) is 0 Å². The molecule has 1 aliphatic rings. The van der Waals surface area contributed by atoms with Gasteiger partial charge in [0, 0.05) is 16.7 Å². The average molecular weight is 626 g/mol. The highest BCUT2D eigenvalue weighted by atomic mass is 15.0. The average Bonchev–Trinajstić information content (AvgIpc) is 3.49. The molecule has 0 bridgehead atoms. The monoisotopic (exact) mass is 625 g/mol. The molecule has 0 saturated carbocycles. The normalized spacial score (nSPS) is 12.7. The summed E-state index contributed by atoms with van der Waals surface area (Å²) in [5.74, 6) is 1.95. The summed E-state index contributed by atoms with van der Waals surface area (Å²) in [6.45, 7) is 0. The Kier molecular flexibility index (Phi) is 7.02. The quantitative estimate of drug-likeness (QED) is 0.185. The van der Waals surface area contributed by atoms with E-state index in [1.54, 1.807) is 0 Å². The lowest BCUT2D eigenvalue weighted by Gasteiger charge is -2.34. The molecular weight excluding hydrogens is 595 g/mol. The van der Waals surface area contributed by atoms with E-state index in [-0.39, 0.29) is 0 Å². The maximum atomic E-state index is 5.10. The number of rotatable bonds is 6. The number of hydrogen-bond acceptors (Lipinski definition) is 3. The Labute approximate surface area is 286 Å². The second kappa shape index (κ2) is 12.0. The minimum Gasteiger partial charge on any atom is -0.208 e. The topological polar surface area (TPSA) is 38.7 Å². The Morgan fingerprint density at radius 3 is 1.08 bits per heavy atom. The van der Waals surface area contributed by atoms with Crippen molar-refractivity contribution in [3.63, 3.8) is 0 Å². The summed E-state index contributed by atoms with van der Waals surface area (Å²) >= 11 is 0. The van der Waals surface area contributed by atoms with E-state index in [0.717, 1.165) is 16.7 Å². The van der Waals surface area contributed by atoms with Gasteiger partial charge in [0.2, 0.25) is 0 Å². The molecule has 9 rings (SSSR count). The van der Waals surface area contributed by atoms with Gasteiger partial charge in [-0.1, -0.05) is 176 Å². The van der Waals surface area contributed by atoms with Crippen LogP contribution in [0.5, 0.6) is 0 Å². The second-order valence-corrected chi connectivity index (χ2v) is 12.4. The summed E-state index contributed by atoms with van der Waals surface area (Å²) in [5, 5.41) is 0. The number of nitrogens with zero attached hydrogens (tertiary/aromatic N) is 3. The molecule has 0 atom stereocenters. The van der Waals surface area contributed by atoms with Crippen molar-refractivity contribution in [1.82, 2.24) is 15.0 Å². The third-order valence-corrected chi connectivity index (χ3v) is 9.62. The van der Waals surface area contributed by atoms with Gasteiger partial charge in [-0.2, -0.15) is 0 Å². The van der Waals surface area contributed by atoms with Gasteiger partial charge in [0.05, 0.1) is 5.41 Å². The molecule has 0 spiro atoms. The van der Waals surface area contributed by atoms with Gasteiger partial charge in [-0.25, -0.2) is 15.0 Å². The summed E-state index contributed by atoms with van der Waals surface area (Å²) in [6, 6.07) is 66.4. The Hall–Kier alpha value is -6.45. The fraction of sp³-hybridized carbons (Fsp3) is 0.0217. The molecule has 0 amide bonds. The molecule has 1 aliphatic carbocycles. The predicted octanol–water partition coefficient (Wildman–Crippen LogP) is 10.9. The van der Waals surface area contributed by atoms with E-state index in [0.29, 0.717) is 17.5 Å². The lowest BCUT2D eigenvalue weighted by molar-refractivity contribution is 0.769. The first-order valence-corrected chi connectivity index (χ1v) is 16.6. The van der Waals surface area contributed by atoms with E-state index < -0.39 is 5.41 Å². The van der Waals surface area contributed by atoms with Crippen LogP contribution in [0.2, 0.25) is 0 Å². The van der Waals surface area contributed by atoms with Crippen LogP contribution >= 0.6 is 0 Å². The SMILES string of the molecule is c1ccc(-c2ccc3c(c2)C(c2ccccc2)(c2ccccc2)c2cc(-c4nc(-c5ccccc5)nc(-c5ccccc5)n4)ccc2-3)cc1. The third-order valence-electron chi connectivity index (χ3n) is 9.62. The van der Waals surface area contributed by atoms with Crippen LogP contribution < -0.4 is 0 Å². The fourth-order valence-electron chi connectivity index (χ4n) is 7.38. The lowest BCUT2D eigenvalue weighted by atomic mass is 9.67. The summed E-state index contributed by atoms with van der Waals surface area (Å²) in [4.78, 5) is 15.1. The highest BCUT2D eigenvalue weighted by Crippen LogP contribution is 2.57. The van der Waals surface area contributed by atoms with Crippen molar-refractivity contribution in [2.75, 3.05) is 0 Å². The van der Waals surface area contributed by atoms with Crippen LogP contribution in [-0.4, -0.2) is 15.0 Å². The molecule has 49 heavy (non-hydrogen) atoms. The van der Waals surface area contributed by atoms with Crippen molar-refractivity contribution < 1.29 is 0 Å². The zero-order chi connectivity index (χ0) is 32.6. The van der Waals surface area contributed by atoms with E-state index in [2.05, 4.69) is 127 Å². The highest BCUT2D eigenvalue weighted by molar-refractivity contribution is 5.90. The number of benzene rings is 7. The van der Waals surface area contributed by atoms with Gasteiger partial charge in [0.15, 0.2) is 17.5 Å². The number of fused-ring (bicyclic) bond motifs is 3. The first kappa shape index (κ1) is 28.7. The van der Waals surface area contributed by atoms with Crippen molar-refractivity contribution in [3.8, 4) is 56.4 Å². The summed E-state index contributed by atoms with van der Waals surface area (Å²) in [7, 11) is 0. The van der Waals surface area contributed by atoms with Gasteiger partial charge in [-0.15, -0.1) is 0 Å². The van der Waals surface area contributed by atoms with Crippen molar-refractivity contribution in [1.29, 1.82) is 0 Å². The molecule has 0 fully saturated rings. The van der Waals surface area contributed by atoms with Crippen molar-refractivity contribution >= 4 is 0 Å². The van der Waals surface area contributed by atoms with E-state index in [1.165, 1.54) is 44.5 Å². The van der Waals surface area contributed by atoms with Crippen LogP contribution in [0, 0.1) is 0 Å². The molecule has 0 radical (unpaired) electrons. The van der Waals surface area contributed by atoms with Gasteiger partial charge in [0.25, 0.3) is 0 Å². The second-order valence-electron chi connectivity index (χ2n) is 12.4. The molecule has 230 valence electrons. The lowest BCUT2D eigenvalue weighted by Crippen LogP contribution is -2.28. The zero-order valence-corrected chi connectivity index (χ0v) is 26.7. The first-order valence-electron chi connectivity index (χ1n) is 16.6. The molecule has 0 unspecified atom stereocenters. The van der Waals surface area contributed by atoms with Gasteiger partial charge in [-0.05, 0) is 56.6 Å². The van der Waals surface area contributed by atoms with Crippen LogP contribution in [0.1, 0.15) is 22.3 Å². The molecular formula is C46H31N3. The summed E-state index contributed by atoms with van der Waals surface area (Å²) < 4.78 is 0. The van der Waals surface area contributed by atoms with Crippen LogP contribution in [0.15, 0.2) is 188 Å². The maximum Gasteiger partial charge on any atom is 0.164 e. The van der Waals surface area contributed by atoms with Gasteiger partial charge >= 0.3 is 0 Å². The number of hydrogen-bond donors (Lipinski definition) is 0. The van der Waals surface area contributed by atoms with Crippen molar-refractivity contribution in [2.24, 2.45) is 0 Å². The third kappa shape index (κ3) is 4.87. The Balaban J connectivity index is 1.32. The fourth-order valence-corrected chi connectivity index (χ4v) is 7.38. The smallest absolute Gasteiger partial charge is 0.164 e. The van der Waals surface area contributed by atoms with E-state index in [4.69, 9.17) is 15.0 Å². The molecule has 1 heterocycles. The Bertz CT molecular complexity index is 2310. The van der Waals surface area contributed by atoms with Crippen molar-refractivity contribution in [3.05, 3.63) is 210 Å². The Morgan fingerprint density at radius 2 is 0.633 bits per heavy atom. The molecule has 8 aromatic rings. The highest BCUT2D eigenvalue weighted by Gasteiger charge is 2.46. The maximum absolute atomic E-state index is 5.10. The van der Waals surface area contributed by atoms with E-state index >= 15 is 0 Å². The molecule has 0 N–H and O–H groups in total. The van der Waals surface area contributed by atoms with Crippen LogP contribution in [-0.2, 0) is 5.41 Å². The molecule has 0 saturated heterocycles. The molecule has 3 heteroatoms. The molecule has 0 aliphatic heterocycles. The molecule has 3 nitrogen and oxygen atoms in total. The van der Waals surface area contributed by atoms with Gasteiger partial charge in [-0.3, -0.25) is 0 Å². The Morgan fingerprint density at radius 1 is 0.286 bits per heavy atom. The van der Waals surface area contributed by atoms with Gasteiger partial charge < -0.3 is 0 Å².